The number of rotatable bonds is 5. The van der Waals surface area contributed by atoms with Gasteiger partial charge in [0.05, 0.1) is 10.6 Å². The molecule has 1 saturated heterocycles. The fourth-order valence-electron chi connectivity index (χ4n) is 1.87. The molecule has 0 aliphatic carbocycles. The molecule has 1 N–H and O–H groups in total. The molecule has 1 fully saturated rings. The van der Waals surface area contributed by atoms with Crippen molar-refractivity contribution >= 4 is 29.3 Å². The third-order valence-electron chi connectivity index (χ3n) is 2.70. The van der Waals surface area contributed by atoms with Crippen LogP contribution in [0, 0.1) is 5.92 Å². The molecule has 0 bridgehead atoms. The van der Waals surface area contributed by atoms with Crippen molar-refractivity contribution in [1.29, 1.82) is 0 Å². The van der Waals surface area contributed by atoms with Gasteiger partial charge in [0.2, 0.25) is 5.91 Å². The average Bonchev–Trinajstić information content (AvgIpc) is 2.26. The highest BCUT2D eigenvalue weighted by Crippen LogP contribution is 2.25. The van der Waals surface area contributed by atoms with Gasteiger partial charge < -0.3 is 5.32 Å². The van der Waals surface area contributed by atoms with Crippen molar-refractivity contribution in [1.82, 2.24) is 5.32 Å². The molecule has 0 radical (unpaired) electrons. The zero-order chi connectivity index (χ0) is 12.0. The summed E-state index contributed by atoms with van der Waals surface area (Å²) in [6, 6.07) is 0. The van der Waals surface area contributed by atoms with Gasteiger partial charge in [-0.3, -0.25) is 4.79 Å². The fraction of sp³-hybridized carbons (Fsp3) is 0.917. The lowest BCUT2D eigenvalue weighted by Gasteiger charge is -2.21. The van der Waals surface area contributed by atoms with Crippen molar-refractivity contribution in [3.63, 3.8) is 0 Å². The number of carbonyl (C=O) groups is 1. The van der Waals surface area contributed by atoms with E-state index in [-0.39, 0.29) is 16.5 Å². The molecule has 1 heterocycles. The highest BCUT2D eigenvalue weighted by molar-refractivity contribution is 8.00. The highest BCUT2D eigenvalue weighted by atomic mass is 35.5. The van der Waals surface area contributed by atoms with E-state index >= 15 is 0 Å². The SMILES string of the molecule is CC(C)CC(Cl)CNC(=O)C1CCCCS1. The van der Waals surface area contributed by atoms with Crippen LogP contribution < -0.4 is 5.32 Å². The Balaban J connectivity index is 2.18. The summed E-state index contributed by atoms with van der Waals surface area (Å²) in [6.07, 6.45) is 4.41. The first-order valence-electron chi connectivity index (χ1n) is 6.13. The number of alkyl halides is 1. The van der Waals surface area contributed by atoms with E-state index in [1.165, 1.54) is 12.8 Å². The van der Waals surface area contributed by atoms with Gasteiger partial charge in [-0.25, -0.2) is 0 Å². The molecule has 4 heteroatoms. The molecule has 1 aliphatic heterocycles. The van der Waals surface area contributed by atoms with Crippen LogP contribution in [0.3, 0.4) is 0 Å². The second-order valence-electron chi connectivity index (χ2n) is 4.83. The van der Waals surface area contributed by atoms with Crippen molar-refractivity contribution in [2.45, 2.75) is 50.2 Å². The van der Waals surface area contributed by atoms with E-state index in [1.807, 2.05) is 0 Å². The Morgan fingerprint density at radius 1 is 1.50 bits per heavy atom. The summed E-state index contributed by atoms with van der Waals surface area (Å²) < 4.78 is 0. The molecule has 0 aromatic carbocycles. The van der Waals surface area contributed by atoms with Crippen LogP contribution in [0.2, 0.25) is 0 Å². The molecule has 2 atom stereocenters. The Hall–Kier alpha value is 0.110. The standard InChI is InChI=1S/C12H22ClNOS/c1-9(2)7-10(13)8-14-12(15)11-5-3-4-6-16-11/h9-11H,3-8H2,1-2H3,(H,14,15). The maximum atomic E-state index is 11.8. The van der Waals surface area contributed by atoms with Crippen LogP contribution in [0.1, 0.15) is 39.5 Å². The van der Waals surface area contributed by atoms with Gasteiger partial charge in [0.1, 0.15) is 0 Å². The van der Waals surface area contributed by atoms with Crippen molar-refractivity contribution in [3.8, 4) is 0 Å². The minimum absolute atomic E-state index is 0.0672. The van der Waals surface area contributed by atoms with Gasteiger partial charge in [-0.05, 0) is 30.9 Å². The van der Waals surface area contributed by atoms with Crippen molar-refractivity contribution < 1.29 is 4.79 Å². The Bertz CT molecular complexity index is 217. The van der Waals surface area contributed by atoms with E-state index in [1.54, 1.807) is 11.8 Å². The lowest BCUT2D eigenvalue weighted by molar-refractivity contribution is -0.120. The number of hydrogen-bond acceptors (Lipinski definition) is 2. The first-order valence-corrected chi connectivity index (χ1v) is 7.61. The molecule has 0 aromatic heterocycles. The molecule has 2 nitrogen and oxygen atoms in total. The number of amides is 1. The third kappa shape index (κ3) is 5.44. The van der Waals surface area contributed by atoms with E-state index in [0.717, 1.165) is 18.6 Å². The van der Waals surface area contributed by atoms with Gasteiger partial charge in [-0.1, -0.05) is 20.3 Å². The quantitative estimate of drug-likeness (QED) is 0.773. The number of hydrogen-bond donors (Lipinski definition) is 1. The van der Waals surface area contributed by atoms with Crippen LogP contribution in [-0.2, 0) is 4.79 Å². The van der Waals surface area contributed by atoms with Crippen LogP contribution in [0.25, 0.3) is 0 Å². The third-order valence-corrected chi connectivity index (χ3v) is 4.41. The van der Waals surface area contributed by atoms with Crippen LogP contribution in [-0.4, -0.2) is 28.8 Å². The maximum Gasteiger partial charge on any atom is 0.233 e. The van der Waals surface area contributed by atoms with Gasteiger partial charge in [0.25, 0.3) is 0 Å². The summed E-state index contributed by atoms with van der Waals surface area (Å²) in [7, 11) is 0. The molecule has 16 heavy (non-hydrogen) atoms. The largest absolute Gasteiger partial charge is 0.354 e. The Morgan fingerprint density at radius 3 is 2.81 bits per heavy atom. The number of carbonyl (C=O) groups excluding carboxylic acids is 1. The second-order valence-corrected chi connectivity index (χ2v) is 6.76. The molecule has 0 aromatic rings. The van der Waals surface area contributed by atoms with E-state index in [9.17, 15) is 4.79 Å². The molecule has 1 aliphatic rings. The van der Waals surface area contributed by atoms with E-state index in [4.69, 9.17) is 11.6 Å². The molecule has 1 amide bonds. The van der Waals surface area contributed by atoms with Gasteiger partial charge in [0.15, 0.2) is 0 Å². The van der Waals surface area contributed by atoms with Gasteiger partial charge >= 0.3 is 0 Å². The smallest absolute Gasteiger partial charge is 0.233 e. The molecular weight excluding hydrogens is 242 g/mol. The summed E-state index contributed by atoms with van der Waals surface area (Å²) in [5.41, 5.74) is 0. The summed E-state index contributed by atoms with van der Waals surface area (Å²) in [4.78, 5) is 11.8. The second kappa shape index (κ2) is 7.44. The number of nitrogens with one attached hydrogen (secondary N) is 1. The fourth-order valence-corrected chi connectivity index (χ4v) is 3.52. The predicted molar refractivity (Wildman–Crippen MR) is 72.2 cm³/mol. The lowest BCUT2D eigenvalue weighted by atomic mass is 10.1. The normalized spacial score (nSPS) is 23.1. The summed E-state index contributed by atoms with van der Waals surface area (Å²) in [6.45, 7) is 4.90. The Kier molecular flexibility index (Phi) is 6.59. The Morgan fingerprint density at radius 2 is 2.25 bits per heavy atom. The molecule has 94 valence electrons. The van der Waals surface area contributed by atoms with Crippen LogP contribution in [0.15, 0.2) is 0 Å². The maximum absolute atomic E-state index is 11.8. The summed E-state index contributed by atoms with van der Waals surface area (Å²) in [5, 5.41) is 3.20. The van der Waals surface area contributed by atoms with Crippen molar-refractivity contribution in [3.05, 3.63) is 0 Å². The first-order chi connectivity index (χ1) is 7.59. The van der Waals surface area contributed by atoms with E-state index < -0.39 is 0 Å². The predicted octanol–water partition coefficient (Wildman–Crippen LogP) is 3.04. The van der Waals surface area contributed by atoms with Crippen LogP contribution in [0.5, 0.6) is 0 Å². The highest BCUT2D eigenvalue weighted by Gasteiger charge is 2.21. The number of halogens is 1. The van der Waals surface area contributed by atoms with E-state index in [0.29, 0.717) is 12.5 Å². The molecule has 2 unspecified atom stereocenters. The van der Waals surface area contributed by atoms with Gasteiger partial charge in [0, 0.05) is 6.54 Å². The van der Waals surface area contributed by atoms with Gasteiger partial charge in [-0.15, -0.1) is 23.4 Å². The molecule has 0 saturated carbocycles. The summed E-state index contributed by atoms with van der Waals surface area (Å²) in [5.74, 6) is 1.89. The van der Waals surface area contributed by atoms with E-state index in [2.05, 4.69) is 19.2 Å². The lowest BCUT2D eigenvalue weighted by Crippen LogP contribution is -2.37. The van der Waals surface area contributed by atoms with Crippen LogP contribution >= 0.6 is 23.4 Å². The van der Waals surface area contributed by atoms with Crippen LogP contribution in [0.4, 0.5) is 0 Å². The minimum atomic E-state index is 0.0672. The average molecular weight is 264 g/mol. The topological polar surface area (TPSA) is 29.1 Å². The zero-order valence-corrected chi connectivity index (χ0v) is 11.7. The van der Waals surface area contributed by atoms with Gasteiger partial charge in [-0.2, -0.15) is 0 Å². The van der Waals surface area contributed by atoms with Crippen molar-refractivity contribution in [2.75, 3.05) is 12.3 Å². The summed E-state index contributed by atoms with van der Waals surface area (Å²) >= 11 is 7.92. The first kappa shape index (κ1) is 14.2. The number of thioether (sulfide) groups is 1. The Labute approximate surface area is 108 Å². The molecule has 0 spiro atoms. The molecule has 1 rings (SSSR count). The molecular formula is C12H22ClNOS. The van der Waals surface area contributed by atoms with Crippen molar-refractivity contribution in [2.24, 2.45) is 5.92 Å². The minimum Gasteiger partial charge on any atom is -0.354 e. The monoisotopic (exact) mass is 263 g/mol. The zero-order valence-electron chi connectivity index (χ0n) is 10.2.